The molecule has 0 unspecified atom stereocenters. The third kappa shape index (κ3) is 3.03. The van der Waals surface area contributed by atoms with Gasteiger partial charge in [-0.1, -0.05) is 6.07 Å². The Labute approximate surface area is 116 Å². The van der Waals surface area contributed by atoms with Crippen LogP contribution < -0.4 is 16.0 Å². The topological polar surface area (TPSA) is 121 Å². The summed E-state index contributed by atoms with van der Waals surface area (Å²) in [6.07, 6.45) is 1.19. The van der Waals surface area contributed by atoms with Crippen LogP contribution in [0.3, 0.4) is 0 Å². The normalized spacial score (nSPS) is 10.6. The van der Waals surface area contributed by atoms with E-state index < -0.39 is 10.0 Å². The Morgan fingerprint density at radius 2 is 2.05 bits per heavy atom. The number of sulfonamides is 1. The molecule has 0 spiro atoms. The summed E-state index contributed by atoms with van der Waals surface area (Å²) in [6.45, 7) is 0. The number of hydrogen-bond donors (Lipinski definition) is 3. The van der Waals surface area contributed by atoms with Crippen molar-refractivity contribution in [1.82, 2.24) is 4.98 Å². The predicted octanol–water partition coefficient (Wildman–Crippen LogP) is 1.04. The monoisotopic (exact) mass is 289 g/mol. The Hall–Kier alpha value is -2.63. The molecule has 0 aliphatic carbocycles. The summed E-state index contributed by atoms with van der Waals surface area (Å²) in [5.41, 5.74) is 2.98. The van der Waals surface area contributed by atoms with Gasteiger partial charge in [0.25, 0.3) is 10.0 Å². The molecule has 2 rings (SSSR count). The van der Waals surface area contributed by atoms with E-state index in [1.807, 2.05) is 6.07 Å². The Morgan fingerprint density at radius 3 is 2.65 bits per heavy atom. The van der Waals surface area contributed by atoms with Crippen molar-refractivity contribution in [2.45, 2.75) is 4.90 Å². The van der Waals surface area contributed by atoms with E-state index in [0.29, 0.717) is 17.1 Å². The van der Waals surface area contributed by atoms with Crippen LogP contribution in [0, 0.1) is 11.3 Å². The summed E-state index contributed by atoms with van der Waals surface area (Å²) in [6, 6.07) is 10.9. The van der Waals surface area contributed by atoms with Crippen molar-refractivity contribution >= 4 is 21.5 Å². The minimum absolute atomic E-state index is 0.00105. The number of nitriles is 1. The molecule has 20 heavy (non-hydrogen) atoms. The van der Waals surface area contributed by atoms with Crippen LogP contribution in [0.25, 0.3) is 0 Å². The summed E-state index contributed by atoms with van der Waals surface area (Å²) in [4.78, 5) is 3.83. The first kappa shape index (κ1) is 13.8. The molecule has 0 bridgehead atoms. The van der Waals surface area contributed by atoms with Gasteiger partial charge in [0.05, 0.1) is 17.3 Å². The van der Waals surface area contributed by atoms with Gasteiger partial charge in [0.2, 0.25) is 0 Å². The van der Waals surface area contributed by atoms with Crippen LogP contribution in [0.5, 0.6) is 0 Å². The molecule has 1 aromatic carbocycles. The lowest BCUT2D eigenvalue weighted by Gasteiger charge is -2.08. The molecule has 7 nitrogen and oxygen atoms in total. The highest BCUT2D eigenvalue weighted by Crippen LogP contribution is 2.17. The van der Waals surface area contributed by atoms with E-state index in [-0.39, 0.29) is 4.90 Å². The fourth-order valence-corrected chi connectivity index (χ4v) is 2.48. The SMILES string of the molecule is N#Cc1cccc(NS(=O)(=O)c2ccc(NN)nc2)c1. The highest BCUT2D eigenvalue weighted by atomic mass is 32.2. The second-order valence-electron chi connectivity index (χ2n) is 3.82. The van der Waals surface area contributed by atoms with E-state index in [1.54, 1.807) is 18.2 Å². The predicted molar refractivity (Wildman–Crippen MR) is 74.0 cm³/mol. The number of hydrogen-bond acceptors (Lipinski definition) is 6. The minimum atomic E-state index is -3.75. The molecular weight excluding hydrogens is 278 g/mol. The number of nitrogen functional groups attached to an aromatic ring is 1. The maximum absolute atomic E-state index is 12.1. The van der Waals surface area contributed by atoms with Gasteiger partial charge in [-0.3, -0.25) is 4.72 Å². The molecule has 0 amide bonds. The zero-order valence-corrected chi connectivity index (χ0v) is 11.1. The summed E-state index contributed by atoms with van der Waals surface area (Å²) in [7, 11) is -3.75. The number of nitrogens with two attached hydrogens (primary N) is 1. The molecular formula is C12H11N5O2S. The van der Waals surface area contributed by atoms with E-state index in [2.05, 4.69) is 15.1 Å². The molecule has 0 aliphatic heterocycles. The fraction of sp³-hybridized carbons (Fsp3) is 0. The number of anilines is 2. The number of pyridine rings is 1. The zero-order chi connectivity index (χ0) is 14.6. The lowest BCUT2D eigenvalue weighted by Crippen LogP contribution is -2.14. The largest absolute Gasteiger partial charge is 0.308 e. The number of hydrazine groups is 1. The second-order valence-corrected chi connectivity index (χ2v) is 5.50. The maximum Gasteiger partial charge on any atom is 0.263 e. The molecule has 4 N–H and O–H groups in total. The fourth-order valence-electron chi connectivity index (χ4n) is 1.49. The summed E-state index contributed by atoms with van der Waals surface area (Å²) in [5, 5.41) is 8.78. The Kier molecular flexibility index (Phi) is 3.84. The van der Waals surface area contributed by atoms with Gasteiger partial charge in [0.1, 0.15) is 10.7 Å². The highest BCUT2D eigenvalue weighted by Gasteiger charge is 2.14. The number of nitrogens with zero attached hydrogens (tertiary/aromatic N) is 2. The summed E-state index contributed by atoms with van der Waals surface area (Å²) in [5.74, 6) is 5.51. The molecule has 1 aromatic heterocycles. The van der Waals surface area contributed by atoms with Crippen LogP contribution >= 0.6 is 0 Å². The van der Waals surface area contributed by atoms with Crippen LogP contribution in [-0.4, -0.2) is 13.4 Å². The van der Waals surface area contributed by atoms with Gasteiger partial charge in [-0.05, 0) is 30.3 Å². The molecule has 102 valence electrons. The summed E-state index contributed by atoms with van der Waals surface area (Å²) >= 11 is 0. The quantitative estimate of drug-likeness (QED) is 0.571. The Bertz CT molecular complexity index is 750. The average Bonchev–Trinajstić information content (AvgIpc) is 2.47. The third-order valence-electron chi connectivity index (χ3n) is 2.44. The lowest BCUT2D eigenvalue weighted by molar-refractivity contribution is 0.601. The zero-order valence-electron chi connectivity index (χ0n) is 10.2. The van der Waals surface area contributed by atoms with Gasteiger partial charge < -0.3 is 5.43 Å². The van der Waals surface area contributed by atoms with Gasteiger partial charge in [-0.15, -0.1) is 0 Å². The summed E-state index contributed by atoms with van der Waals surface area (Å²) < 4.78 is 26.6. The first-order valence-electron chi connectivity index (χ1n) is 5.51. The average molecular weight is 289 g/mol. The van der Waals surface area contributed by atoms with Gasteiger partial charge in [-0.2, -0.15) is 5.26 Å². The Morgan fingerprint density at radius 1 is 1.25 bits per heavy atom. The van der Waals surface area contributed by atoms with Crippen LogP contribution in [0.15, 0.2) is 47.5 Å². The molecule has 0 aliphatic rings. The van der Waals surface area contributed by atoms with E-state index in [9.17, 15) is 8.42 Å². The number of nitrogens with one attached hydrogen (secondary N) is 2. The van der Waals surface area contributed by atoms with E-state index in [0.717, 1.165) is 0 Å². The van der Waals surface area contributed by atoms with Crippen LogP contribution in [0.4, 0.5) is 11.5 Å². The third-order valence-corrected chi connectivity index (χ3v) is 3.80. The molecule has 0 saturated carbocycles. The van der Waals surface area contributed by atoms with E-state index >= 15 is 0 Å². The number of aromatic nitrogens is 1. The Balaban J connectivity index is 2.28. The molecule has 0 radical (unpaired) electrons. The molecule has 2 aromatic rings. The minimum Gasteiger partial charge on any atom is -0.308 e. The van der Waals surface area contributed by atoms with E-state index in [4.69, 9.17) is 11.1 Å². The van der Waals surface area contributed by atoms with Crippen molar-refractivity contribution < 1.29 is 8.42 Å². The van der Waals surface area contributed by atoms with Gasteiger partial charge in [0, 0.05) is 6.20 Å². The maximum atomic E-state index is 12.1. The van der Waals surface area contributed by atoms with Crippen LogP contribution in [0.1, 0.15) is 5.56 Å². The van der Waals surface area contributed by atoms with Crippen molar-refractivity contribution in [3.63, 3.8) is 0 Å². The number of rotatable bonds is 4. The number of benzene rings is 1. The van der Waals surface area contributed by atoms with Crippen LogP contribution in [0.2, 0.25) is 0 Å². The van der Waals surface area contributed by atoms with E-state index in [1.165, 1.54) is 24.4 Å². The van der Waals surface area contributed by atoms with Crippen molar-refractivity contribution in [2.24, 2.45) is 5.84 Å². The lowest BCUT2D eigenvalue weighted by atomic mass is 10.2. The molecule has 0 fully saturated rings. The smallest absolute Gasteiger partial charge is 0.263 e. The van der Waals surface area contributed by atoms with Crippen LogP contribution in [-0.2, 0) is 10.0 Å². The second kappa shape index (κ2) is 5.56. The van der Waals surface area contributed by atoms with Gasteiger partial charge >= 0.3 is 0 Å². The highest BCUT2D eigenvalue weighted by molar-refractivity contribution is 7.92. The molecule has 8 heteroatoms. The van der Waals surface area contributed by atoms with Gasteiger partial charge in [0.15, 0.2) is 0 Å². The van der Waals surface area contributed by atoms with Crippen molar-refractivity contribution in [3.8, 4) is 6.07 Å². The molecule has 0 saturated heterocycles. The standard InChI is InChI=1S/C12H11N5O2S/c13-7-9-2-1-3-10(6-9)17-20(18,19)11-4-5-12(16-14)15-8-11/h1-6,8,17H,14H2,(H,15,16). The van der Waals surface area contributed by atoms with Crippen molar-refractivity contribution in [2.75, 3.05) is 10.1 Å². The van der Waals surface area contributed by atoms with Gasteiger partial charge in [-0.25, -0.2) is 19.2 Å². The van der Waals surface area contributed by atoms with Crippen molar-refractivity contribution in [1.29, 1.82) is 5.26 Å². The van der Waals surface area contributed by atoms with Crippen molar-refractivity contribution in [3.05, 3.63) is 48.2 Å². The first-order chi connectivity index (χ1) is 9.55. The first-order valence-corrected chi connectivity index (χ1v) is 6.99. The molecule has 1 heterocycles. The molecule has 0 atom stereocenters.